The van der Waals surface area contributed by atoms with Gasteiger partial charge in [-0.3, -0.25) is 0 Å². The quantitative estimate of drug-likeness (QED) is 0.862. The third-order valence-corrected chi connectivity index (χ3v) is 3.48. The highest BCUT2D eigenvalue weighted by Gasteiger charge is 2.27. The maximum absolute atomic E-state index is 11.9. The largest absolute Gasteiger partial charge is 0.411 e. The van der Waals surface area contributed by atoms with Crippen molar-refractivity contribution in [2.24, 2.45) is 0 Å². The Labute approximate surface area is 118 Å². The van der Waals surface area contributed by atoms with Gasteiger partial charge in [0.1, 0.15) is 23.1 Å². The van der Waals surface area contributed by atoms with Gasteiger partial charge in [-0.05, 0) is 13.0 Å². The van der Waals surface area contributed by atoms with Crippen molar-refractivity contribution in [3.63, 3.8) is 0 Å². The van der Waals surface area contributed by atoms with Gasteiger partial charge in [-0.25, -0.2) is 9.97 Å². The first-order valence-electron chi connectivity index (χ1n) is 5.98. The van der Waals surface area contributed by atoms with Crippen LogP contribution in [0.3, 0.4) is 0 Å². The van der Waals surface area contributed by atoms with E-state index in [1.807, 2.05) is 13.0 Å². The standard InChI is InChI=1S/C12H14F3N3OS/c1-7-5-8-10(16-2)17-9(18-11(8)20-7)3-4-19-6-12(13,14)15/h5H,3-4,6H2,1-2H3,(H,16,17,18). The van der Waals surface area contributed by atoms with Crippen LogP contribution in [0.5, 0.6) is 0 Å². The summed E-state index contributed by atoms with van der Waals surface area (Å²) in [4.78, 5) is 10.6. The van der Waals surface area contributed by atoms with Crippen molar-refractivity contribution in [3.05, 3.63) is 16.8 Å². The van der Waals surface area contributed by atoms with Gasteiger partial charge in [-0.2, -0.15) is 13.2 Å². The second-order valence-corrected chi connectivity index (χ2v) is 5.47. The molecular formula is C12H14F3N3OS. The normalized spacial score (nSPS) is 12.1. The number of nitrogens with one attached hydrogen (secondary N) is 1. The van der Waals surface area contributed by atoms with Gasteiger partial charge in [0.05, 0.1) is 12.0 Å². The summed E-state index contributed by atoms with van der Waals surface area (Å²) in [7, 11) is 1.75. The molecule has 0 radical (unpaired) electrons. The van der Waals surface area contributed by atoms with Gasteiger partial charge in [-0.1, -0.05) is 0 Å². The van der Waals surface area contributed by atoms with Gasteiger partial charge < -0.3 is 10.1 Å². The van der Waals surface area contributed by atoms with Crippen molar-refractivity contribution in [1.82, 2.24) is 9.97 Å². The van der Waals surface area contributed by atoms with Crippen molar-refractivity contribution in [2.75, 3.05) is 25.6 Å². The zero-order valence-electron chi connectivity index (χ0n) is 11.0. The molecule has 0 aliphatic heterocycles. The fraction of sp³-hybridized carbons (Fsp3) is 0.500. The molecule has 1 N–H and O–H groups in total. The van der Waals surface area contributed by atoms with Crippen LogP contribution < -0.4 is 5.32 Å². The molecule has 2 aromatic rings. The molecule has 2 aromatic heterocycles. The van der Waals surface area contributed by atoms with E-state index in [0.717, 1.165) is 15.1 Å². The first-order valence-corrected chi connectivity index (χ1v) is 6.80. The number of nitrogens with zero attached hydrogens (tertiary/aromatic N) is 2. The number of fused-ring (bicyclic) bond motifs is 1. The number of halogens is 3. The van der Waals surface area contributed by atoms with Crippen LogP contribution in [-0.2, 0) is 11.2 Å². The van der Waals surface area contributed by atoms with E-state index in [2.05, 4.69) is 20.0 Å². The van der Waals surface area contributed by atoms with E-state index in [-0.39, 0.29) is 13.0 Å². The van der Waals surface area contributed by atoms with E-state index in [9.17, 15) is 13.2 Å². The molecule has 4 nitrogen and oxygen atoms in total. The highest BCUT2D eigenvalue weighted by Crippen LogP contribution is 2.28. The Morgan fingerprint density at radius 2 is 2.10 bits per heavy atom. The number of hydrogen-bond acceptors (Lipinski definition) is 5. The topological polar surface area (TPSA) is 47.0 Å². The SMILES string of the molecule is CNc1nc(CCOCC(F)(F)F)nc2sc(C)cc12. The van der Waals surface area contributed by atoms with Gasteiger partial charge in [0, 0.05) is 18.3 Å². The summed E-state index contributed by atoms with van der Waals surface area (Å²) < 4.78 is 40.4. The Morgan fingerprint density at radius 1 is 1.35 bits per heavy atom. The van der Waals surface area contributed by atoms with Crippen molar-refractivity contribution >= 4 is 27.4 Å². The van der Waals surface area contributed by atoms with Crippen LogP contribution in [0.4, 0.5) is 19.0 Å². The highest BCUT2D eigenvalue weighted by molar-refractivity contribution is 7.18. The fourth-order valence-corrected chi connectivity index (χ4v) is 2.64. The second-order valence-electron chi connectivity index (χ2n) is 4.23. The van der Waals surface area contributed by atoms with Crippen LogP contribution in [0.1, 0.15) is 10.7 Å². The highest BCUT2D eigenvalue weighted by atomic mass is 32.1. The monoisotopic (exact) mass is 305 g/mol. The molecule has 0 aliphatic rings. The van der Waals surface area contributed by atoms with Gasteiger partial charge >= 0.3 is 6.18 Å². The summed E-state index contributed by atoms with van der Waals surface area (Å²) in [5.74, 6) is 1.16. The minimum atomic E-state index is -4.30. The van der Waals surface area contributed by atoms with Crippen LogP contribution in [-0.4, -0.2) is 36.4 Å². The predicted octanol–water partition coefficient (Wildman–Crippen LogP) is 3.16. The molecule has 20 heavy (non-hydrogen) atoms. The van der Waals surface area contributed by atoms with Crippen molar-refractivity contribution in [2.45, 2.75) is 19.5 Å². The molecule has 0 saturated heterocycles. The predicted molar refractivity (Wildman–Crippen MR) is 72.3 cm³/mol. The maximum Gasteiger partial charge on any atom is 0.411 e. The third kappa shape index (κ3) is 3.80. The van der Waals surface area contributed by atoms with Gasteiger partial charge in [0.15, 0.2) is 0 Å². The molecule has 0 unspecified atom stereocenters. The Morgan fingerprint density at radius 3 is 2.75 bits per heavy atom. The maximum atomic E-state index is 11.9. The van der Waals surface area contributed by atoms with Gasteiger partial charge in [0.2, 0.25) is 0 Å². The lowest BCUT2D eigenvalue weighted by molar-refractivity contribution is -0.173. The number of thiophene rings is 1. The summed E-state index contributed by atoms with van der Waals surface area (Å²) in [6.07, 6.45) is -4.05. The molecule has 8 heteroatoms. The molecule has 110 valence electrons. The lowest BCUT2D eigenvalue weighted by atomic mass is 10.3. The summed E-state index contributed by atoms with van der Waals surface area (Å²) in [5.41, 5.74) is 0. The van der Waals surface area contributed by atoms with E-state index >= 15 is 0 Å². The van der Waals surface area contributed by atoms with E-state index in [0.29, 0.717) is 11.6 Å². The van der Waals surface area contributed by atoms with Crippen LogP contribution in [0.15, 0.2) is 6.07 Å². The Kier molecular flexibility index (Phi) is 4.44. The molecule has 0 atom stereocenters. The third-order valence-electron chi connectivity index (χ3n) is 2.53. The van der Waals surface area contributed by atoms with Crippen molar-refractivity contribution < 1.29 is 17.9 Å². The second kappa shape index (κ2) is 5.92. The average Bonchev–Trinajstić information content (AvgIpc) is 2.72. The van der Waals surface area contributed by atoms with Crippen LogP contribution in [0.2, 0.25) is 0 Å². The Hall–Kier alpha value is -1.41. The van der Waals surface area contributed by atoms with Crippen LogP contribution in [0, 0.1) is 6.92 Å². The van der Waals surface area contributed by atoms with Crippen LogP contribution in [0.25, 0.3) is 10.2 Å². The Bertz CT molecular complexity index is 597. The van der Waals surface area contributed by atoms with E-state index in [1.54, 1.807) is 7.05 Å². The number of anilines is 1. The zero-order valence-corrected chi connectivity index (χ0v) is 11.9. The summed E-state index contributed by atoms with van der Waals surface area (Å²) in [6, 6.07) is 1.98. The minimum absolute atomic E-state index is 0.0570. The number of hydrogen-bond donors (Lipinski definition) is 1. The molecule has 2 rings (SSSR count). The van der Waals surface area contributed by atoms with E-state index < -0.39 is 12.8 Å². The molecule has 0 aromatic carbocycles. The fourth-order valence-electron chi connectivity index (χ4n) is 1.74. The number of aromatic nitrogens is 2. The van der Waals surface area contributed by atoms with Gasteiger partial charge in [-0.15, -0.1) is 11.3 Å². The number of aryl methyl sites for hydroxylation is 1. The average molecular weight is 305 g/mol. The summed E-state index contributed by atoms with van der Waals surface area (Å²) in [6.45, 7) is 0.669. The summed E-state index contributed by atoms with van der Waals surface area (Å²) >= 11 is 1.53. The van der Waals surface area contributed by atoms with Gasteiger partial charge in [0.25, 0.3) is 0 Å². The van der Waals surface area contributed by atoms with E-state index in [1.165, 1.54) is 11.3 Å². The molecular weight excluding hydrogens is 291 g/mol. The Balaban J connectivity index is 2.07. The minimum Gasteiger partial charge on any atom is -0.372 e. The lowest BCUT2D eigenvalue weighted by Gasteiger charge is -2.08. The number of rotatable bonds is 5. The summed E-state index contributed by atoms with van der Waals surface area (Å²) in [5, 5.41) is 3.90. The van der Waals surface area contributed by atoms with Crippen LogP contribution >= 0.6 is 11.3 Å². The molecule has 0 spiro atoms. The van der Waals surface area contributed by atoms with E-state index in [4.69, 9.17) is 0 Å². The molecule has 0 saturated carbocycles. The lowest BCUT2D eigenvalue weighted by Crippen LogP contribution is -2.18. The molecule has 0 bridgehead atoms. The first kappa shape index (κ1) is 15.0. The van der Waals surface area contributed by atoms with Crippen molar-refractivity contribution in [3.8, 4) is 0 Å². The molecule has 0 aliphatic carbocycles. The molecule has 2 heterocycles. The molecule has 0 fully saturated rings. The smallest absolute Gasteiger partial charge is 0.372 e. The van der Waals surface area contributed by atoms with Crippen molar-refractivity contribution in [1.29, 1.82) is 0 Å². The number of ether oxygens (including phenoxy) is 1. The first-order chi connectivity index (χ1) is 9.39. The number of alkyl halides is 3. The zero-order chi connectivity index (χ0) is 14.8. The molecule has 0 amide bonds.